The number of pyridine rings is 1. The van der Waals surface area contributed by atoms with E-state index in [-0.39, 0.29) is 12.1 Å². The molecule has 0 aromatic carbocycles. The highest BCUT2D eigenvalue weighted by atomic mass is 16.5. The first-order valence-corrected chi connectivity index (χ1v) is 5.77. The van der Waals surface area contributed by atoms with Gasteiger partial charge in [-0.3, -0.25) is 0 Å². The number of ether oxygens (including phenoxy) is 2. The zero-order valence-electron chi connectivity index (χ0n) is 10.2. The number of nitrogens with zero attached hydrogens (tertiary/aromatic N) is 2. The van der Waals surface area contributed by atoms with Gasteiger partial charge in [0.05, 0.1) is 30.0 Å². The number of nitrogens with one attached hydrogen (secondary N) is 1. The van der Waals surface area contributed by atoms with E-state index in [1.54, 1.807) is 13.2 Å². The van der Waals surface area contributed by atoms with Crippen LogP contribution in [0, 0.1) is 11.3 Å². The lowest BCUT2D eigenvalue weighted by Crippen LogP contribution is -2.43. The Balaban J connectivity index is 2.17. The topological polar surface area (TPSA) is 93.2 Å². The second kappa shape index (κ2) is 5.67. The number of nitriles is 1. The molecule has 3 N–H and O–H groups in total. The quantitative estimate of drug-likeness (QED) is 0.820. The van der Waals surface area contributed by atoms with Gasteiger partial charge >= 0.3 is 0 Å². The number of hydrogen-bond donors (Lipinski definition) is 2. The van der Waals surface area contributed by atoms with Crippen molar-refractivity contribution in [2.45, 2.75) is 18.6 Å². The molecule has 1 aromatic rings. The van der Waals surface area contributed by atoms with Gasteiger partial charge in [-0.2, -0.15) is 5.26 Å². The minimum absolute atomic E-state index is 0.0117. The summed E-state index contributed by atoms with van der Waals surface area (Å²) in [4.78, 5) is 3.90. The molecule has 2 rings (SSSR count). The number of nitrogens with two attached hydrogens (primary N) is 1. The summed E-state index contributed by atoms with van der Waals surface area (Å²) in [5.41, 5.74) is 6.76. The van der Waals surface area contributed by atoms with E-state index in [0.29, 0.717) is 30.3 Å². The highest BCUT2D eigenvalue weighted by Gasteiger charge is 2.26. The zero-order valence-corrected chi connectivity index (χ0v) is 10.2. The Morgan fingerprint density at radius 2 is 2.50 bits per heavy atom. The lowest BCUT2D eigenvalue weighted by Gasteiger charge is -2.31. The fourth-order valence-corrected chi connectivity index (χ4v) is 2.01. The molecule has 1 aliphatic rings. The maximum atomic E-state index is 9.03. The van der Waals surface area contributed by atoms with Crippen molar-refractivity contribution in [3.8, 4) is 6.07 Å². The van der Waals surface area contributed by atoms with Crippen molar-refractivity contribution in [3.05, 3.63) is 17.8 Å². The van der Waals surface area contributed by atoms with Gasteiger partial charge in [0.15, 0.2) is 0 Å². The van der Waals surface area contributed by atoms with Crippen LogP contribution in [0.1, 0.15) is 12.0 Å². The van der Waals surface area contributed by atoms with Gasteiger partial charge in [0.25, 0.3) is 0 Å². The van der Waals surface area contributed by atoms with Gasteiger partial charge in [-0.15, -0.1) is 0 Å². The molecule has 6 heteroatoms. The molecule has 6 nitrogen and oxygen atoms in total. The summed E-state index contributed by atoms with van der Waals surface area (Å²) in [6.45, 7) is 1.24. The van der Waals surface area contributed by atoms with E-state index < -0.39 is 0 Å². The summed E-state index contributed by atoms with van der Waals surface area (Å²) >= 11 is 0. The lowest BCUT2D eigenvalue weighted by atomic mass is 10.1. The Kier molecular flexibility index (Phi) is 3.97. The average Bonchev–Trinajstić information content (AvgIpc) is 2.40. The minimum atomic E-state index is 0.0117. The molecule has 96 valence electrons. The minimum Gasteiger partial charge on any atom is -0.384 e. The van der Waals surface area contributed by atoms with Crippen molar-refractivity contribution in [2.75, 3.05) is 31.4 Å². The first kappa shape index (κ1) is 12.6. The molecule has 0 spiro atoms. The largest absolute Gasteiger partial charge is 0.384 e. The van der Waals surface area contributed by atoms with Crippen LogP contribution in [-0.2, 0) is 9.47 Å². The van der Waals surface area contributed by atoms with E-state index >= 15 is 0 Å². The van der Waals surface area contributed by atoms with E-state index in [0.717, 1.165) is 6.42 Å². The first-order valence-electron chi connectivity index (χ1n) is 5.77. The van der Waals surface area contributed by atoms with Gasteiger partial charge in [0.1, 0.15) is 11.9 Å². The molecule has 1 saturated heterocycles. The van der Waals surface area contributed by atoms with Crippen LogP contribution in [0.15, 0.2) is 12.3 Å². The summed E-state index contributed by atoms with van der Waals surface area (Å²) in [5, 5.41) is 12.3. The molecule has 2 atom stereocenters. The van der Waals surface area contributed by atoms with Crippen molar-refractivity contribution in [2.24, 2.45) is 0 Å². The highest BCUT2D eigenvalue weighted by Crippen LogP contribution is 2.21. The molecule has 0 saturated carbocycles. The summed E-state index contributed by atoms with van der Waals surface area (Å²) in [5.74, 6) is 0.377. The lowest BCUT2D eigenvalue weighted by molar-refractivity contribution is -0.0199. The van der Waals surface area contributed by atoms with E-state index in [4.69, 9.17) is 20.5 Å². The molecular weight excluding hydrogens is 232 g/mol. The standard InChI is InChI=1S/C12H16N4O2/c1-17-11-2-3-18-7-10(11)16-9-4-12(14)15-6-8(9)5-13/h4,6,10-11H,2-3,7H2,1H3,(H3,14,15,16)/t10-,11-/m0/s1. The fourth-order valence-electron chi connectivity index (χ4n) is 2.01. The van der Waals surface area contributed by atoms with Crippen LogP contribution in [0.25, 0.3) is 0 Å². The Hall–Kier alpha value is -1.84. The molecule has 0 unspecified atom stereocenters. The molecule has 1 aliphatic heterocycles. The van der Waals surface area contributed by atoms with Crippen molar-refractivity contribution in [3.63, 3.8) is 0 Å². The summed E-state index contributed by atoms with van der Waals surface area (Å²) in [6.07, 6.45) is 2.36. The second-order valence-electron chi connectivity index (χ2n) is 4.16. The van der Waals surface area contributed by atoms with Crippen LogP contribution in [0.4, 0.5) is 11.5 Å². The van der Waals surface area contributed by atoms with Gasteiger partial charge < -0.3 is 20.5 Å². The van der Waals surface area contributed by atoms with Crippen LogP contribution in [0.3, 0.4) is 0 Å². The third-order valence-electron chi connectivity index (χ3n) is 2.98. The van der Waals surface area contributed by atoms with Gasteiger partial charge in [-0.05, 0) is 6.42 Å². The zero-order chi connectivity index (χ0) is 13.0. The van der Waals surface area contributed by atoms with Crippen LogP contribution < -0.4 is 11.1 Å². The second-order valence-corrected chi connectivity index (χ2v) is 4.16. The maximum Gasteiger partial charge on any atom is 0.125 e. The Labute approximate surface area is 106 Å². The summed E-state index contributed by atoms with van der Waals surface area (Å²) in [7, 11) is 1.68. The number of methoxy groups -OCH3 is 1. The molecule has 0 bridgehead atoms. The number of hydrogen-bond acceptors (Lipinski definition) is 6. The highest BCUT2D eigenvalue weighted by molar-refractivity contribution is 5.61. The number of aromatic nitrogens is 1. The molecule has 0 radical (unpaired) electrons. The molecule has 1 aromatic heterocycles. The van der Waals surface area contributed by atoms with E-state index in [1.165, 1.54) is 6.20 Å². The molecule has 0 amide bonds. The van der Waals surface area contributed by atoms with Crippen LogP contribution in [-0.4, -0.2) is 37.5 Å². The Bertz CT molecular complexity index is 458. The van der Waals surface area contributed by atoms with Crippen molar-refractivity contribution >= 4 is 11.5 Å². The fraction of sp³-hybridized carbons (Fsp3) is 0.500. The van der Waals surface area contributed by atoms with E-state index in [1.807, 2.05) is 0 Å². The molecule has 18 heavy (non-hydrogen) atoms. The Morgan fingerprint density at radius 3 is 3.22 bits per heavy atom. The number of anilines is 2. The van der Waals surface area contributed by atoms with E-state index in [9.17, 15) is 0 Å². The maximum absolute atomic E-state index is 9.03. The molecule has 2 heterocycles. The molecule has 0 aliphatic carbocycles. The van der Waals surface area contributed by atoms with E-state index in [2.05, 4.69) is 16.4 Å². The summed E-state index contributed by atoms with van der Waals surface area (Å²) < 4.78 is 10.8. The van der Waals surface area contributed by atoms with Gasteiger partial charge in [0, 0.05) is 26.0 Å². The van der Waals surface area contributed by atoms with Crippen molar-refractivity contribution < 1.29 is 9.47 Å². The van der Waals surface area contributed by atoms with Crippen molar-refractivity contribution in [1.29, 1.82) is 5.26 Å². The van der Waals surface area contributed by atoms with Gasteiger partial charge in [0.2, 0.25) is 0 Å². The monoisotopic (exact) mass is 248 g/mol. The van der Waals surface area contributed by atoms with Crippen LogP contribution in [0.2, 0.25) is 0 Å². The summed E-state index contributed by atoms with van der Waals surface area (Å²) in [6, 6.07) is 3.75. The van der Waals surface area contributed by atoms with Gasteiger partial charge in [-0.1, -0.05) is 0 Å². The normalized spacial score (nSPS) is 23.3. The number of rotatable bonds is 3. The Morgan fingerprint density at radius 1 is 1.67 bits per heavy atom. The predicted octanol–water partition coefficient (Wildman–Crippen LogP) is 0.751. The average molecular weight is 248 g/mol. The van der Waals surface area contributed by atoms with Crippen LogP contribution in [0.5, 0.6) is 0 Å². The van der Waals surface area contributed by atoms with Gasteiger partial charge in [-0.25, -0.2) is 4.98 Å². The van der Waals surface area contributed by atoms with Crippen LogP contribution >= 0.6 is 0 Å². The molecule has 1 fully saturated rings. The smallest absolute Gasteiger partial charge is 0.125 e. The third-order valence-corrected chi connectivity index (χ3v) is 2.98. The van der Waals surface area contributed by atoms with Crippen molar-refractivity contribution in [1.82, 2.24) is 4.98 Å². The third kappa shape index (κ3) is 2.70. The number of nitrogen functional groups attached to an aromatic ring is 1. The molecular formula is C12H16N4O2. The first-order chi connectivity index (χ1) is 8.74. The SMILES string of the molecule is CO[C@H]1CCOC[C@@H]1Nc1cc(N)ncc1C#N. The predicted molar refractivity (Wildman–Crippen MR) is 67.0 cm³/mol.